The molecule has 1 aliphatic heterocycles. The molecule has 0 spiro atoms. The minimum atomic E-state index is 0.113. The molecule has 3 heterocycles. The summed E-state index contributed by atoms with van der Waals surface area (Å²) in [5.74, 6) is 0. The monoisotopic (exact) mass is 275 g/mol. The Morgan fingerprint density at radius 3 is 3.00 bits per heavy atom. The number of fused-ring (bicyclic) bond motifs is 1. The number of hydrogen-bond acceptors (Lipinski definition) is 4. The van der Waals surface area contributed by atoms with Crippen LogP contribution in [0, 0.1) is 0 Å². The van der Waals surface area contributed by atoms with Crippen LogP contribution in [0.1, 0.15) is 16.8 Å². The van der Waals surface area contributed by atoms with Crippen molar-refractivity contribution in [2.45, 2.75) is 19.4 Å². The first-order valence-corrected chi connectivity index (χ1v) is 7.45. The maximum Gasteiger partial charge on any atom is 0.256 e. The molecule has 0 saturated heterocycles. The molecule has 2 aromatic rings. The number of nitrogens with zero attached hydrogens (tertiary/aromatic N) is 3. The van der Waals surface area contributed by atoms with E-state index < -0.39 is 0 Å². The van der Waals surface area contributed by atoms with Crippen molar-refractivity contribution in [1.82, 2.24) is 14.5 Å². The van der Waals surface area contributed by atoms with Gasteiger partial charge in [-0.05, 0) is 28.8 Å². The van der Waals surface area contributed by atoms with Gasteiger partial charge in [0.2, 0.25) is 0 Å². The van der Waals surface area contributed by atoms with Crippen LogP contribution < -0.4 is 5.56 Å². The third kappa shape index (κ3) is 2.62. The molecule has 0 bridgehead atoms. The van der Waals surface area contributed by atoms with Gasteiger partial charge in [-0.2, -0.15) is 11.3 Å². The molecule has 0 radical (unpaired) electrons. The second-order valence-electron chi connectivity index (χ2n) is 4.99. The fraction of sp³-hybridized carbons (Fsp3) is 0.429. The number of hydrogen-bond donors (Lipinski definition) is 0. The van der Waals surface area contributed by atoms with Crippen LogP contribution in [0.3, 0.4) is 0 Å². The molecule has 0 saturated carbocycles. The summed E-state index contributed by atoms with van der Waals surface area (Å²) in [5.41, 5.74) is 3.35. The van der Waals surface area contributed by atoms with Gasteiger partial charge in [-0.1, -0.05) is 0 Å². The fourth-order valence-electron chi connectivity index (χ4n) is 2.53. The van der Waals surface area contributed by atoms with Gasteiger partial charge in [0.05, 0.1) is 12.0 Å². The van der Waals surface area contributed by atoms with E-state index in [2.05, 4.69) is 26.7 Å². The number of aromatic nitrogens is 2. The topological polar surface area (TPSA) is 38.1 Å². The van der Waals surface area contributed by atoms with Crippen LogP contribution in [-0.4, -0.2) is 27.5 Å². The predicted octanol–water partition coefficient (Wildman–Crippen LogP) is 1.44. The number of rotatable bonds is 2. The first-order chi connectivity index (χ1) is 9.24. The van der Waals surface area contributed by atoms with Gasteiger partial charge in [0.1, 0.15) is 0 Å². The van der Waals surface area contributed by atoms with Crippen LogP contribution >= 0.6 is 11.3 Å². The second-order valence-corrected chi connectivity index (χ2v) is 5.77. The normalized spacial score (nSPS) is 16.1. The van der Waals surface area contributed by atoms with E-state index in [9.17, 15) is 4.79 Å². The van der Waals surface area contributed by atoms with E-state index >= 15 is 0 Å². The lowest BCUT2D eigenvalue weighted by molar-refractivity contribution is 0.279. The van der Waals surface area contributed by atoms with E-state index in [4.69, 9.17) is 0 Å². The Hall–Kier alpha value is -1.46. The molecule has 2 aromatic heterocycles. The molecule has 0 fully saturated rings. The molecule has 0 amide bonds. The molecule has 0 aromatic carbocycles. The van der Waals surface area contributed by atoms with Crippen molar-refractivity contribution < 1.29 is 0 Å². The summed E-state index contributed by atoms with van der Waals surface area (Å²) in [5, 5.41) is 4.30. The Balaban J connectivity index is 1.78. The molecule has 19 heavy (non-hydrogen) atoms. The highest BCUT2D eigenvalue weighted by molar-refractivity contribution is 7.07. The minimum Gasteiger partial charge on any atom is -0.302 e. The van der Waals surface area contributed by atoms with Gasteiger partial charge < -0.3 is 4.57 Å². The fourth-order valence-corrected chi connectivity index (χ4v) is 3.19. The zero-order valence-electron chi connectivity index (χ0n) is 11.0. The van der Waals surface area contributed by atoms with Crippen LogP contribution in [0.15, 0.2) is 27.9 Å². The highest BCUT2D eigenvalue weighted by atomic mass is 32.1. The molecule has 0 unspecified atom stereocenters. The summed E-state index contributed by atoms with van der Waals surface area (Å²) in [4.78, 5) is 18.9. The van der Waals surface area contributed by atoms with Crippen LogP contribution in [0.4, 0.5) is 0 Å². The SMILES string of the molecule is Cn1cnc2c(c1=O)CCN(Cc1ccsc1)CC2. The lowest BCUT2D eigenvalue weighted by Crippen LogP contribution is -2.26. The summed E-state index contributed by atoms with van der Waals surface area (Å²) in [7, 11) is 1.77. The van der Waals surface area contributed by atoms with Crippen molar-refractivity contribution in [2.75, 3.05) is 13.1 Å². The Morgan fingerprint density at radius 2 is 2.21 bits per heavy atom. The maximum absolute atomic E-state index is 12.1. The van der Waals surface area contributed by atoms with Crippen molar-refractivity contribution >= 4 is 11.3 Å². The van der Waals surface area contributed by atoms with Crippen LogP contribution in [0.5, 0.6) is 0 Å². The Morgan fingerprint density at radius 1 is 1.37 bits per heavy atom. The molecule has 0 aliphatic carbocycles. The van der Waals surface area contributed by atoms with E-state index in [1.54, 1.807) is 29.3 Å². The summed E-state index contributed by atoms with van der Waals surface area (Å²) < 4.78 is 1.58. The van der Waals surface area contributed by atoms with E-state index in [1.165, 1.54) is 5.56 Å². The third-order valence-corrected chi connectivity index (χ3v) is 4.37. The highest BCUT2D eigenvalue weighted by Gasteiger charge is 2.18. The average Bonchev–Trinajstić information content (AvgIpc) is 2.82. The zero-order valence-corrected chi connectivity index (χ0v) is 11.8. The minimum absolute atomic E-state index is 0.113. The van der Waals surface area contributed by atoms with Crippen LogP contribution in [-0.2, 0) is 26.4 Å². The zero-order chi connectivity index (χ0) is 13.2. The number of aryl methyl sites for hydroxylation is 1. The Kier molecular flexibility index (Phi) is 3.48. The smallest absolute Gasteiger partial charge is 0.256 e. The lowest BCUT2D eigenvalue weighted by atomic mass is 10.1. The molecule has 100 valence electrons. The molecule has 5 heteroatoms. The molecular formula is C14H17N3OS. The summed E-state index contributed by atoms with van der Waals surface area (Å²) in [6, 6.07) is 2.17. The maximum atomic E-state index is 12.1. The largest absolute Gasteiger partial charge is 0.302 e. The van der Waals surface area contributed by atoms with Crippen LogP contribution in [0.2, 0.25) is 0 Å². The summed E-state index contributed by atoms with van der Waals surface area (Å²) >= 11 is 1.73. The second kappa shape index (κ2) is 5.27. The first-order valence-electron chi connectivity index (χ1n) is 6.51. The van der Waals surface area contributed by atoms with Crippen molar-refractivity contribution in [3.05, 3.63) is 50.3 Å². The average molecular weight is 275 g/mol. The predicted molar refractivity (Wildman–Crippen MR) is 76.5 cm³/mol. The van der Waals surface area contributed by atoms with Gasteiger partial charge in [0.15, 0.2) is 0 Å². The van der Waals surface area contributed by atoms with Crippen molar-refractivity contribution in [2.24, 2.45) is 7.05 Å². The van der Waals surface area contributed by atoms with Crippen molar-refractivity contribution in [3.8, 4) is 0 Å². The standard InChI is InChI=1S/C14H17N3OS/c1-16-10-15-13-3-6-17(5-2-12(13)14(16)18)8-11-4-7-19-9-11/h4,7,9-10H,2-3,5-6,8H2,1H3. The Labute approximate surface area is 116 Å². The Bertz CT molecular complexity index is 618. The summed E-state index contributed by atoms with van der Waals surface area (Å²) in [6.45, 7) is 2.88. The molecule has 3 rings (SSSR count). The van der Waals surface area contributed by atoms with E-state index in [-0.39, 0.29) is 5.56 Å². The van der Waals surface area contributed by atoms with Gasteiger partial charge in [-0.25, -0.2) is 4.98 Å². The molecule has 4 nitrogen and oxygen atoms in total. The highest BCUT2D eigenvalue weighted by Crippen LogP contribution is 2.14. The molecule has 1 aliphatic rings. The van der Waals surface area contributed by atoms with Gasteiger partial charge in [0.25, 0.3) is 5.56 Å². The van der Waals surface area contributed by atoms with Crippen LogP contribution in [0.25, 0.3) is 0 Å². The van der Waals surface area contributed by atoms with E-state index in [1.807, 2.05) is 0 Å². The third-order valence-electron chi connectivity index (χ3n) is 3.64. The molecular weight excluding hydrogens is 258 g/mol. The van der Waals surface area contributed by atoms with E-state index in [0.29, 0.717) is 0 Å². The lowest BCUT2D eigenvalue weighted by Gasteiger charge is -2.18. The first kappa shape index (κ1) is 12.6. The van der Waals surface area contributed by atoms with Gasteiger partial charge in [0, 0.05) is 38.7 Å². The molecule has 0 atom stereocenters. The quantitative estimate of drug-likeness (QED) is 0.832. The van der Waals surface area contributed by atoms with Gasteiger partial charge >= 0.3 is 0 Å². The van der Waals surface area contributed by atoms with Crippen molar-refractivity contribution in [3.63, 3.8) is 0 Å². The van der Waals surface area contributed by atoms with Crippen molar-refractivity contribution in [1.29, 1.82) is 0 Å². The summed E-state index contributed by atoms with van der Waals surface area (Å²) in [6.07, 6.45) is 3.31. The van der Waals surface area contributed by atoms with Gasteiger partial charge in [-0.15, -0.1) is 0 Å². The van der Waals surface area contributed by atoms with Gasteiger partial charge in [-0.3, -0.25) is 9.69 Å². The molecule has 0 N–H and O–H groups in total. The number of thiophene rings is 1. The van der Waals surface area contributed by atoms with E-state index in [0.717, 1.165) is 43.7 Å².